The number of amides is 2. The largest absolute Gasteiger partial charge is 0.495 e. The first kappa shape index (κ1) is 27.1. The molecule has 1 aromatic carbocycles. The lowest BCUT2D eigenvalue weighted by Crippen LogP contribution is -2.43. The van der Waals surface area contributed by atoms with Gasteiger partial charge in [-0.1, -0.05) is 12.1 Å². The molecule has 0 spiro atoms. The predicted molar refractivity (Wildman–Crippen MR) is 150 cm³/mol. The van der Waals surface area contributed by atoms with Gasteiger partial charge < -0.3 is 14.8 Å². The van der Waals surface area contributed by atoms with E-state index in [0.717, 1.165) is 36.8 Å². The SMILES string of the molecule is COc1ccccc1Nc1cc(NC(=O)N2CCCc3cc(CN4CCOCC4C)c(C=O)nc32)ncc1C#N. The number of anilines is 4. The van der Waals surface area contributed by atoms with Gasteiger partial charge in [-0.05, 0) is 49.1 Å². The molecule has 1 fully saturated rings. The van der Waals surface area contributed by atoms with Crippen LogP contribution in [0.25, 0.3) is 0 Å². The Bertz CT molecular complexity index is 1450. The van der Waals surface area contributed by atoms with Crippen molar-refractivity contribution in [3.05, 3.63) is 65.0 Å². The number of morpholine rings is 1. The van der Waals surface area contributed by atoms with Gasteiger partial charge in [-0.2, -0.15) is 5.26 Å². The third kappa shape index (κ3) is 5.73. The summed E-state index contributed by atoms with van der Waals surface area (Å²) in [6.07, 6.45) is 3.68. The number of pyridine rings is 2. The average Bonchev–Trinajstić information content (AvgIpc) is 2.98. The number of urea groups is 1. The van der Waals surface area contributed by atoms with Crippen LogP contribution in [-0.2, 0) is 17.7 Å². The quantitative estimate of drug-likeness (QED) is 0.424. The van der Waals surface area contributed by atoms with Crippen LogP contribution in [0.4, 0.5) is 27.8 Å². The topological polar surface area (TPSA) is 133 Å². The Hall–Kier alpha value is -4.53. The van der Waals surface area contributed by atoms with Crippen molar-refractivity contribution in [2.75, 3.05) is 48.9 Å². The molecule has 3 aromatic rings. The van der Waals surface area contributed by atoms with Crippen molar-refractivity contribution in [1.29, 1.82) is 5.26 Å². The summed E-state index contributed by atoms with van der Waals surface area (Å²) in [5.41, 5.74) is 3.56. The molecule has 5 rings (SSSR count). The number of hydrogen-bond donors (Lipinski definition) is 2. The number of aromatic nitrogens is 2. The standard InChI is InChI=1S/C29H31N7O4/c1-19-18-40-11-10-35(19)16-21-12-20-6-5-9-36(28(20)33-25(21)17-37)29(38)34-27-13-24(22(14-30)15-31-27)32-23-7-3-4-8-26(23)39-2/h3-4,7-8,12-13,15,17,19H,5-6,9-11,16,18H2,1-2H3,(H2,31,32,34,38). The van der Waals surface area contributed by atoms with E-state index in [1.807, 2.05) is 24.3 Å². The summed E-state index contributed by atoms with van der Waals surface area (Å²) in [7, 11) is 1.57. The first-order valence-corrected chi connectivity index (χ1v) is 13.2. The van der Waals surface area contributed by atoms with Gasteiger partial charge in [0.05, 0.1) is 37.3 Å². The van der Waals surface area contributed by atoms with E-state index in [1.165, 1.54) is 6.20 Å². The van der Waals surface area contributed by atoms with Crippen molar-refractivity contribution in [2.45, 2.75) is 32.4 Å². The van der Waals surface area contributed by atoms with Crippen molar-refractivity contribution in [2.24, 2.45) is 0 Å². The van der Waals surface area contributed by atoms with Crippen LogP contribution in [0.5, 0.6) is 5.75 Å². The second kappa shape index (κ2) is 12.1. The number of fused-ring (bicyclic) bond motifs is 1. The van der Waals surface area contributed by atoms with Gasteiger partial charge in [-0.3, -0.25) is 19.9 Å². The number of aryl methyl sites for hydroxylation is 1. The van der Waals surface area contributed by atoms with E-state index in [9.17, 15) is 14.9 Å². The van der Waals surface area contributed by atoms with Crippen LogP contribution in [0.3, 0.4) is 0 Å². The lowest BCUT2D eigenvalue weighted by atomic mass is 10.0. The number of benzene rings is 1. The van der Waals surface area contributed by atoms with E-state index in [2.05, 4.69) is 38.5 Å². The zero-order valence-corrected chi connectivity index (χ0v) is 22.5. The van der Waals surface area contributed by atoms with Crippen molar-refractivity contribution >= 4 is 35.3 Å². The van der Waals surface area contributed by atoms with Gasteiger partial charge in [-0.15, -0.1) is 0 Å². The van der Waals surface area contributed by atoms with Crippen LogP contribution >= 0.6 is 0 Å². The van der Waals surface area contributed by atoms with E-state index >= 15 is 0 Å². The molecule has 4 heterocycles. The van der Waals surface area contributed by atoms with Crippen LogP contribution < -0.4 is 20.3 Å². The summed E-state index contributed by atoms with van der Waals surface area (Å²) in [6.45, 7) is 5.26. The zero-order valence-electron chi connectivity index (χ0n) is 22.5. The number of aldehydes is 1. The monoisotopic (exact) mass is 541 g/mol. The van der Waals surface area contributed by atoms with Crippen molar-refractivity contribution < 1.29 is 19.1 Å². The zero-order chi connectivity index (χ0) is 28.1. The van der Waals surface area contributed by atoms with Gasteiger partial charge in [0.15, 0.2) is 6.29 Å². The van der Waals surface area contributed by atoms with E-state index in [4.69, 9.17) is 9.47 Å². The Balaban J connectivity index is 1.37. The number of hydrogen-bond acceptors (Lipinski definition) is 9. The highest BCUT2D eigenvalue weighted by atomic mass is 16.5. The minimum atomic E-state index is -0.416. The second-order valence-corrected chi connectivity index (χ2v) is 9.77. The molecule has 1 saturated heterocycles. The molecule has 2 N–H and O–H groups in total. The number of rotatable bonds is 7. The summed E-state index contributed by atoms with van der Waals surface area (Å²) in [5.74, 6) is 1.35. The summed E-state index contributed by atoms with van der Waals surface area (Å²) in [4.78, 5) is 38.2. The maximum atomic E-state index is 13.4. The second-order valence-electron chi connectivity index (χ2n) is 9.77. The van der Waals surface area contributed by atoms with E-state index in [1.54, 1.807) is 24.1 Å². The Morgan fingerprint density at radius 3 is 2.90 bits per heavy atom. The summed E-state index contributed by atoms with van der Waals surface area (Å²) in [5, 5.41) is 15.6. The first-order valence-electron chi connectivity index (χ1n) is 13.2. The number of para-hydroxylation sites is 2. The van der Waals surface area contributed by atoms with Crippen LogP contribution in [0.1, 0.15) is 40.5 Å². The molecule has 0 saturated carbocycles. The number of nitriles is 1. The molecule has 2 amide bonds. The van der Waals surface area contributed by atoms with Crippen LogP contribution in [0.2, 0.25) is 0 Å². The van der Waals surface area contributed by atoms with Crippen molar-refractivity contribution in [3.8, 4) is 11.8 Å². The van der Waals surface area contributed by atoms with Gasteiger partial charge in [0.2, 0.25) is 0 Å². The lowest BCUT2D eigenvalue weighted by Gasteiger charge is -2.34. The fourth-order valence-electron chi connectivity index (χ4n) is 4.99. The molecule has 2 aromatic heterocycles. The first-order chi connectivity index (χ1) is 19.5. The van der Waals surface area contributed by atoms with Gasteiger partial charge in [0.1, 0.15) is 29.1 Å². The van der Waals surface area contributed by atoms with Crippen molar-refractivity contribution in [1.82, 2.24) is 14.9 Å². The van der Waals surface area contributed by atoms with E-state index in [0.29, 0.717) is 60.5 Å². The highest BCUT2D eigenvalue weighted by Gasteiger charge is 2.28. The molecule has 11 nitrogen and oxygen atoms in total. The molecule has 40 heavy (non-hydrogen) atoms. The molecule has 206 valence electrons. The number of carbonyl (C=O) groups excluding carboxylic acids is 2. The molecule has 2 aliphatic rings. The van der Waals surface area contributed by atoms with Gasteiger partial charge in [0, 0.05) is 37.9 Å². The van der Waals surface area contributed by atoms with Crippen LogP contribution in [-0.4, -0.2) is 66.6 Å². The Labute approximate surface area is 232 Å². The van der Waals surface area contributed by atoms with Gasteiger partial charge in [-0.25, -0.2) is 14.8 Å². The number of nitrogens with one attached hydrogen (secondary N) is 2. The fraction of sp³-hybridized carbons (Fsp3) is 0.345. The van der Waals surface area contributed by atoms with E-state index < -0.39 is 6.03 Å². The third-order valence-electron chi connectivity index (χ3n) is 7.15. The predicted octanol–water partition coefficient (Wildman–Crippen LogP) is 4.12. The number of ether oxygens (including phenoxy) is 2. The smallest absolute Gasteiger partial charge is 0.328 e. The normalized spacial score (nSPS) is 16.9. The highest BCUT2D eigenvalue weighted by molar-refractivity contribution is 6.02. The molecular weight excluding hydrogens is 510 g/mol. The molecule has 0 aliphatic carbocycles. The molecule has 1 atom stereocenters. The van der Waals surface area contributed by atoms with Gasteiger partial charge >= 0.3 is 6.03 Å². The van der Waals surface area contributed by atoms with Gasteiger partial charge in [0.25, 0.3) is 0 Å². The molecule has 1 unspecified atom stereocenters. The fourth-order valence-corrected chi connectivity index (χ4v) is 4.99. The Kier molecular flexibility index (Phi) is 8.19. The minimum absolute atomic E-state index is 0.244. The number of nitrogens with zero attached hydrogens (tertiary/aromatic N) is 5. The average molecular weight is 542 g/mol. The summed E-state index contributed by atoms with van der Waals surface area (Å²) in [6, 6.07) is 12.9. The molecule has 0 bridgehead atoms. The molecule has 0 radical (unpaired) electrons. The maximum Gasteiger partial charge on any atom is 0.328 e. The minimum Gasteiger partial charge on any atom is -0.495 e. The maximum absolute atomic E-state index is 13.4. The number of carbonyl (C=O) groups is 2. The lowest BCUT2D eigenvalue weighted by molar-refractivity contribution is -0.00448. The van der Waals surface area contributed by atoms with Crippen molar-refractivity contribution in [3.63, 3.8) is 0 Å². The Morgan fingerprint density at radius 2 is 2.12 bits per heavy atom. The molecular formula is C29H31N7O4. The third-order valence-corrected chi connectivity index (χ3v) is 7.15. The van der Waals surface area contributed by atoms with Crippen LogP contribution in [0.15, 0.2) is 42.6 Å². The molecule has 11 heteroatoms. The summed E-state index contributed by atoms with van der Waals surface area (Å²) < 4.78 is 10.9. The summed E-state index contributed by atoms with van der Waals surface area (Å²) >= 11 is 0. The molecule has 2 aliphatic heterocycles. The number of methoxy groups -OCH3 is 1. The Morgan fingerprint density at radius 1 is 1.27 bits per heavy atom. The van der Waals surface area contributed by atoms with E-state index in [-0.39, 0.29) is 11.9 Å². The highest BCUT2D eigenvalue weighted by Crippen LogP contribution is 2.31. The van der Waals surface area contributed by atoms with Crippen LogP contribution in [0, 0.1) is 11.3 Å².